The fraction of sp³-hybridized carbons (Fsp3) is 0.857. The topological polar surface area (TPSA) is 128 Å². The Morgan fingerprint density at radius 2 is 1.34 bits per heavy atom. The van der Waals surface area contributed by atoms with E-state index < -0.39 is 36.0 Å². The summed E-state index contributed by atoms with van der Waals surface area (Å²) in [5.41, 5.74) is -0.773. The van der Waals surface area contributed by atoms with E-state index in [0.29, 0.717) is 32.4 Å². The highest BCUT2D eigenvalue weighted by Crippen LogP contribution is 2.19. The van der Waals surface area contributed by atoms with Crippen LogP contribution in [0.2, 0.25) is 0 Å². The smallest absolute Gasteiger partial charge is 0.408 e. The average molecular weight is 466 g/mol. The van der Waals surface area contributed by atoms with Crippen LogP contribution in [0.1, 0.15) is 48.0 Å². The largest absolute Gasteiger partial charge is 0.444 e. The monoisotopic (exact) mass is 465 g/mol. The highest BCUT2D eigenvalue weighted by atomic mass is 16.7. The van der Waals surface area contributed by atoms with Crippen LogP contribution in [0.4, 0.5) is 4.79 Å². The van der Waals surface area contributed by atoms with E-state index >= 15 is 0 Å². The van der Waals surface area contributed by atoms with Crippen LogP contribution in [0.25, 0.3) is 0 Å². The normalized spacial score (nSPS) is 15.4. The Kier molecular flexibility index (Phi) is 17.0. The Labute approximate surface area is 190 Å². The van der Waals surface area contributed by atoms with E-state index in [9.17, 15) is 14.4 Å². The highest BCUT2D eigenvalue weighted by molar-refractivity contribution is 5.74. The number of aldehydes is 2. The summed E-state index contributed by atoms with van der Waals surface area (Å²) in [7, 11) is 0. The second-order valence-corrected chi connectivity index (χ2v) is 7.51. The van der Waals surface area contributed by atoms with Crippen LogP contribution < -0.4 is 5.32 Å². The van der Waals surface area contributed by atoms with Gasteiger partial charge in [-0.05, 0) is 41.5 Å². The van der Waals surface area contributed by atoms with Crippen molar-refractivity contribution in [2.45, 2.75) is 77.9 Å². The molecule has 0 aromatic rings. The van der Waals surface area contributed by atoms with Gasteiger partial charge in [0, 0.05) is 26.2 Å². The minimum Gasteiger partial charge on any atom is -0.444 e. The summed E-state index contributed by atoms with van der Waals surface area (Å²) in [6.45, 7) is 11.1. The van der Waals surface area contributed by atoms with E-state index in [1.807, 2.05) is 0 Å². The molecule has 4 atom stereocenters. The Morgan fingerprint density at radius 3 is 1.78 bits per heavy atom. The first-order chi connectivity index (χ1) is 15.2. The summed E-state index contributed by atoms with van der Waals surface area (Å²) < 4.78 is 38.2. The van der Waals surface area contributed by atoms with Gasteiger partial charge in [0.1, 0.15) is 56.8 Å². The van der Waals surface area contributed by atoms with Gasteiger partial charge < -0.3 is 48.1 Å². The van der Waals surface area contributed by atoms with Crippen molar-refractivity contribution < 1.29 is 47.5 Å². The lowest BCUT2D eigenvalue weighted by atomic mass is 9.99. The molecule has 0 aliphatic carbocycles. The Bertz CT molecular complexity index is 511. The minimum absolute atomic E-state index is 0.0730. The fourth-order valence-electron chi connectivity index (χ4n) is 2.48. The lowest BCUT2D eigenvalue weighted by Crippen LogP contribution is -2.56. The predicted molar refractivity (Wildman–Crippen MR) is 114 cm³/mol. The SMILES string of the molecule is CCOCO[C@H]([C@@H](OCOCC)[C@@H](CC=O)OCOCC)[C@H](C=O)NC(=O)OC(C)(C)C. The van der Waals surface area contributed by atoms with Crippen LogP contribution in [0, 0.1) is 0 Å². The molecule has 0 unspecified atom stereocenters. The molecule has 0 rings (SSSR count). The van der Waals surface area contributed by atoms with Crippen LogP contribution in [0.3, 0.4) is 0 Å². The molecule has 0 aliphatic heterocycles. The van der Waals surface area contributed by atoms with Crippen molar-refractivity contribution in [1.29, 1.82) is 0 Å². The molecule has 0 radical (unpaired) electrons. The molecule has 11 heteroatoms. The molecule has 0 spiro atoms. The van der Waals surface area contributed by atoms with E-state index in [4.69, 9.17) is 33.2 Å². The van der Waals surface area contributed by atoms with Gasteiger partial charge in [-0.3, -0.25) is 0 Å². The average Bonchev–Trinajstić information content (AvgIpc) is 2.72. The maximum atomic E-state index is 12.3. The maximum absolute atomic E-state index is 12.3. The molecule has 1 amide bonds. The third-order valence-electron chi connectivity index (χ3n) is 3.87. The summed E-state index contributed by atoms with van der Waals surface area (Å²) in [6, 6.07) is -1.19. The molecule has 0 saturated heterocycles. The summed E-state index contributed by atoms with van der Waals surface area (Å²) in [5, 5.41) is 2.48. The first-order valence-corrected chi connectivity index (χ1v) is 10.7. The first-order valence-electron chi connectivity index (χ1n) is 10.7. The summed E-state index contributed by atoms with van der Waals surface area (Å²) in [5.74, 6) is 0. The number of rotatable bonds is 19. The quantitative estimate of drug-likeness (QED) is 0.171. The van der Waals surface area contributed by atoms with Crippen LogP contribution in [0.5, 0.6) is 0 Å². The van der Waals surface area contributed by atoms with E-state index in [0.717, 1.165) is 0 Å². The summed E-state index contributed by atoms with van der Waals surface area (Å²) in [6.07, 6.45) is -2.66. The standard InChI is InChI=1S/C21H39NO10/c1-7-26-13-29-17(10-11-23)19(31-15-28-9-3)18(30-14-27-8-2)16(12-24)22-20(25)32-21(4,5)6/h11-12,16-19H,7-10,13-15H2,1-6H3,(H,22,25)/t16-,17+,18-,19-/m0/s1. The maximum Gasteiger partial charge on any atom is 0.408 e. The zero-order valence-electron chi connectivity index (χ0n) is 20.0. The number of ether oxygens (including phenoxy) is 7. The Balaban J connectivity index is 5.81. The molecule has 1 N–H and O–H groups in total. The van der Waals surface area contributed by atoms with Gasteiger partial charge in [0.25, 0.3) is 0 Å². The molecule has 188 valence electrons. The van der Waals surface area contributed by atoms with Gasteiger partial charge in [0.15, 0.2) is 0 Å². The summed E-state index contributed by atoms with van der Waals surface area (Å²) in [4.78, 5) is 35.5. The van der Waals surface area contributed by atoms with Crippen molar-refractivity contribution in [3.05, 3.63) is 0 Å². The van der Waals surface area contributed by atoms with Gasteiger partial charge in [0.05, 0.1) is 6.10 Å². The van der Waals surface area contributed by atoms with Crippen molar-refractivity contribution in [1.82, 2.24) is 5.32 Å². The van der Waals surface area contributed by atoms with Crippen LogP contribution >= 0.6 is 0 Å². The predicted octanol–water partition coefficient (Wildman–Crippen LogP) is 1.81. The number of hydrogen-bond donors (Lipinski definition) is 1. The first kappa shape index (κ1) is 30.4. The summed E-state index contributed by atoms with van der Waals surface area (Å²) >= 11 is 0. The molecule has 11 nitrogen and oxygen atoms in total. The Hall–Kier alpha value is -1.63. The molecule has 0 aromatic carbocycles. The van der Waals surface area contributed by atoms with Gasteiger partial charge in [0.2, 0.25) is 0 Å². The molecular formula is C21H39NO10. The molecule has 0 aromatic heterocycles. The van der Waals surface area contributed by atoms with E-state index in [1.165, 1.54) is 0 Å². The fourth-order valence-corrected chi connectivity index (χ4v) is 2.48. The number of carbonyl (C=O) groups is 3. The lowest BCUT2D eigenvalue weighted by Gasteiger charge is -2.35. The third kappa shape index (κ3) is 13.7. The zero-order chi connectivity index (χ0) is 24.4. The minimum atomic E-state index is -1.19. The van der Waals surface area contributed by atoms with Crippen molar-refractivity contribution in [2.75, 3.05) is 40.2 Å². The molecule has 32 heavy (non-hydrogen) atoms. The second-order valence-electron chi connectivity index (χ2n) is 7.51. The van der Waals surface area contributed by atoms with Gasteiger partial charge in [-0.1, -0.05) is 0 Å². The van der Waals surface area contributed by atoms with Crippen LogP contribution in [0.15, 0.2) is 0 Å². The molecule has 0 saturated carbocycles. The van der Waals surface area contributed by atoms with E-state index in [-0.39, 0.29) is 26.8 Å². The van der Waals surface area contributed by atoms with E-state index in [1.54, 1.807) is 41.5 Å². The van der Waals surface area contributed by atoms with Crippen molar-refractivity contribution in [3.63, 3.8) is 0 Å². The number of hydrogen-bond acceptors (Lipinski definition) is 10. The van der Waals surface area contributed by atoms with Crippen LogP contribution in [-0.2, 0) is 42.7 Å². The number of amides is 1. The van der Waals surface area contributed by atoms with Gasteiger partial charge in [-0.15, -0.1) is 0 Å². The number of alkyl carbamates (subject to hydrolysis) is 1. The second kappa shape index (κ2) is 17.9. The van der Waals surface area contributed by atoms with Crippen LogP contribution in [-0.4, -0.2) is 88.8 Å². The number of carbonyl (C=O) groups excluding carboxylic acids is 3. The molecule has 0 bridgehead atoms. The zero-order valence-corrected chi connectivity index (χ0v) is 20.0. The van der Waals surface area contributed by atoms with Gasteiger partial charge in [-0.2, -0.15) is 0 Å². The molecular weight excluding hydrogens is 426 g/mol. The molecule has 0 heterocycles. The lowest BCUT2D eigenvalue weighted by molar-refractivity contribution is -0.217. The molecule has 0 aliphatic rings. The highest BCUT2D eigenvalue weighted by Gasteiger charge is 2.39. The van der Waals surface area contributed by atoms with Gasteiger partial charge >= 0.3 is 6.09 Å². The molecule has 0 fully saturated rings. The van der Waals surface area contributed by atoms with Gasteiger partial charge in [-0.25, -0.2) is 4.79 Å². The van der Waals surface area contributed by atoms with Crippen molar-refractivity contribution >= 4 is 18.7 Å². The van der Waals surface area contributed by atoms with Crippen molar-refractivity contribution in [2.24, 2.45) is 0 Å². The number of nitrogens with one attached hydrogen (secondary N) is 1. The Morgan fingerprint density at radius 1 is 0.844 bits per heavy atom. The van der Waals surface area contributed by atoms with E-state index in [2.05, 4.69) is 5.32 Å². The van der Waals surface area contributed by atoms with Crippen molar-refractivity contribution in [3.8, 4) is 0 Å². The third-order valence-corrected chi connectivity index (χ3v) is 3.87.